The number of benzene rings is 3. The SMILES string of the molecule is CCCOc1ccc(N2C(=O)C[C@@H](SC(=N)N3N=C(c4ccc(C)cc4)C[C@H]3c3ccc(Cl)cc3)C2=O)cc1. The monoisotopic (exact) mass is 560 g/mol. The first kappa shape index (κ1) is 27.0. The van der Waals surface area contributed by atoms with E-state index in [1.54, 1.807) is 29.3 Å². The van der Waals surface area contributed by atoms with Crippen molar-refractivity contribution >= 4 is 51.7 Å². The number of thioether (sulfide) groups is 1. The Morgan fingerprint density at radius 2 is 1.72 bits per heavy atom. The normalized spacial score (nSPS) is 19.0. The Morgan fingerprint density at radius 3 is 2.38 bits per heavy atom. The largest absolute Gasteiger partial charge is 0.494 e. The second-order valence-corrected chi connectivity index (χ2v) is 11.2. The van der Waals surface area contributed by atoms with Gasteiger partial charge in [0.2, 0.25) is 11.8 Å². The predicted molar refractivity (Wildman–Crippen MR) is 157 cm³/mol. The van der Waals surface area contributed by atoms with Crippen molar-refractivity contribution in [2.45, 2.75) is 44.4 Å². The van der Waals surface area contributed by atoms with Crippen LogP contribution in [0.5, 0.6) is 5.75 Å². The first-order chi connectivity index (χ1) is 18.8. The summed E-state index contributed by atoms with van der Waals surface area (Å²) in [5, 5.41) is 15.5. The van der Waals surface area contributed by atoms with Gasteiger partial charge in [0.1, 0.15) is 11.0 Å². The molecule has 2 aliphatic heterocycles. The van der Waals surface area contributed by atoms with Gasteiger partial charge in [-0.15, -0.1) is 0 Å². The molecule has 3 aromatic rings. The minimum atomic E-state index is -0.703. The number of hydrogen-bond donors (Lipinski definition) is 1. The van der Waals surface area contributed by atoms with Gasteiger partial charge in [0.25, 0.3) is 0 Å². The Balaban J connectivity index is 1.35. The maximum Gasteiger partial charge on any atom is 0.247 e. The van der Waals surface area contributed by atoms with Crippen LogP contribution in [0.25, 0.3) is 0 Å². The molecule has 5 rings (SSSR count). The lowest BCUT2D eigenvalue weighted by Crippen LogP contribution is -2.32. The zero-order valence-electron chi connectivity index (χ0n) is 21.8. The van der Waals surface area contributed by atoms with E-state index < -0.39 is 5.25 Å². The number of hydrazone groups is 1. The van der Waals surface area contributed by atoms with E-state index in [4.69, 9.17) is 26.8 Å². The minimum absolute atomic E-state index is 0.0218. The van der Waals surface area contributed by atoms with Crippen LogP contribution in [0, 0.1) is 12.3 Å². The third-order valence-electron chi connectivity index (χ3n) is 6.68. The number of carbonyl (C=O) groups is 2. The molecule has 2 amide bonds. The van der Waals surface area contributed by atoms with E-state index in [-0.39, 0.29) is 29.4 Å². The van der Waals surface area contributed by atoms with E-state index in [0.29, 0.717) is 29.5 Å². The summed E-state index contributed by atoms with van der Waals surface area (Å²) >= 11 is 7.19. The summed E-state index contributed by atoms with van der Waals surface area (Å²) < 4.78 is 5.61. The number of halogens is 1. The van der Waals surface area contributed by atoms with Crippen LogP contribution in [0.15, 0.2) is 77.9 Å². The Kier molecular flexibility index (Phi) is 8.04. The number of nitrogens with one attached hydrogen (secondary N) is 1. The van der Waals surface area contributed by atoms with E-state index in [1.807, 2.05) is 62.4 Å². The Hall–Kier alpha value is -3.62. The highest BCUT2D eigenvalue weighted by Crippen LogP contribution is 2.38. The molecule has 3 aromatic carbocycles. The van der Waals surface area contributed by atoms with Gasteiger partial charge in [-0.1, -0.05) is 72.2 Å². The molecule has 0 spiro atoms. The summed E-state index contributed by atoms with van der Waals surface area (Å²) in [6.45, 7) is 4.66. The van der Waals surface area contributed by atoms with Crippen LogP contribution in [0.2, 0.25) is 5.02 Å². The molecule has 0 aliphatic carbocycles. The zero-order chi connectivity index (χ0) is 27.5. The van der Waals surface area contributed by atoms with Crippen LogP contribution in [-0.2, 0) is 9.59 Å². The smallest absolute Gasteiger partial charge is 0.247 e. The van der Waals surface area contributed by atoms with Gasteiger partial charge >= 0.3 is 0 Å². The summed E-state index contributed by atoms with van der Waals surface area (Å²) in [5.74, 6) is 0.0749. The van der Waals surface area contributed by atoms with Crippen LogP contribution in [-0.4, -0.2) is 39.6 Å². The lowest BCUT2D eigenvalue weighted by molar-refractivity contribution is -0.121. The summed E-state index contributed by atoms with van der Waals surface area (Å²) in [4.78, 5) is 27.4. The number of rotatable bonds is 7. The molecule has 1 saturated heterocycles. The fourth-order valence-corrected chi connectivity index (χ4v) is 5.73. The minimum Gasteiger partial charge on any atom is -0.494 e. The second kappa shape index (κ2) is 11.6. The van der Waals surface area contributed by atoms with Crippen molar-refractivity contribution in [3.63, 3.8) is 0 Å². The van der Waals surface area contributed by atoms with E-state index in [2.05, 4.69) is 0 Å². The molecule has 0 radical (unpaired) electrons. The van der Waals surface area contributed by atoms with Crippen LogP contribution in [0.1, 0.15) is 48.9 Å². The molecule has 2 heterocycles. The number of amides is 2. The molecule has 0 aromatic heterocycles. The lowest BCUT2D eigenvalue weighted by atomic mass is 9.98. The van der Waals surface area contributed by atoms with Crippen molar-refractivity contribution in [1.29, 1.82) is 5.41 Å². The van der Waals surface area contributed by atoms with Crippen LogP contribution in [0.4, 0.5) is 5.69 Å². The molecule has 0 saturated carbocycles. The molecule has 7 nitrogen and oxygen atoms in total. The average molecular weight is 561 g/mol. The van der Waals surface area contributed by atoms with Gasteiger partial charge in [-0.05, 0) is 60.9 Å². The molecular formula is C30H29ClN4O3S. The maximum absolute atomic E-state index is 13.3. The van der Waals surface area contributed by atoms with Crippen LogP contribution < -0.4 is 9.64 Å². The second-order valence-electron chi connectivity index (χ2n) is 9.55. The first-order valence-corrected chi connectivity index (χ1v) is 14.1. The number of imide groups is 1. The molecule has 200 valence electrons. The molecule has 0 bridgehead atoms. The third-order valence-corrected chi connectivity index (χ3v) is 8.00. The standard InChI is InChI=1S/C30H29ClN4O3S/c1-3-16-38-24-14-12-23(13-15-24)34-28(36)18-27(29(34)37)39-30(32)35-26(21-8-10-22(31)11-9-21)17-25(33-35)20-6-4-19(2)5-7-20/h4-15,26-27,32H,3,16-18H2,1-2H3/t26-,27+/m0/s1. The fraction of sp³-hybridized carbons (Fsp3) is 0.267. The predicted octanol–water partition coefficient (Wildman–Crippen LogP) is 6.59. The summed E-state index contributed by atoms with van der Waals surface area (Å²) in [6, 6.07) is 22.4. The van der Waals surface area contributed by atoms with Gasteiger partial charge < -0.3 is 4.74 Å². The number of amidine groups is 1. The van der Waals surface area contributed by atoms with Crippen LogP contribution in [0.3, 0.4) is 0 Å². The molecule has 2 atom stereocenters. The van der Waals surface area contributed by atoms with Gasteiger partial charge in [-0.25, -0.2) is 9.91 Å². The number of hydrogen-bond acceptors (Lipinski definition) is 6. The average Bonchev–Trinajstić information content (AvgIpc) is 3.50. The quantitative estimate of drug-likeness (QED) is 0.200. The van der Waals surface area contributed by atoms with Crippen molar-refractivity contribution in [2.24, 2.45) is 5.10 Å². The molecular weight excluding hydrogens is 532 g/mol. The maximum atomic E-state index is 13.3. The molecule has 1 N–H and O–H groups in total. The van der Waals surface area contributed by atoms with Crippen LogP contribution >= 0.6 is 23.4 Å². The number of carbonyl (C=O) groups excluding carboxylic acids is 2. The number of aryl methyl sites for hydroxylation is 1. The van der Waals surface area contributed by atoms with Gasteiger partial charge in [0.15, 0.2) is 5.17 Å². The molecule has 39 heavy (non-hydrogen) atoms. The Labute approximate surface area is 237 Å². The lowest BCUT2D eigenvalue weighted by Gasteiger charge is -2.24. The van der Waals surface area contributed by atoms with Gasteiger partial charge in [-0.3, -0.25) is 15.0 Å². The van der Waals surface area contributed by atoms with E-state index in [9.17, 15) is 9.59 Å². The number of ether oxygens (including phenoxy) is 1. The van der Waals surface area contributed by atoms with Crippen molar-refractivity contribution in [1.82, 2.24) is 5.01 Å². The highest BCUT2D eigenvalue weighted by molar-refractivity contribution is 8.14. The van der Waals surface area contributed by atoms with Crippen molar-refractivity contribution in [2.75, 3.05) is 11.5 Å². The fourth-order valence-electron chi connectivity index (χ4n) is 4.63. The topological polar surface area (TPSA) is 86.1 Å². The van der Waals surface area contributed by atoms with Gasteiger partial charge in [-0.2, -0.15) is 5.10 Å². The van der Waals surface area contributed by atoms with Gasteiger partial charge in [0.05, 0.1) is 24.0 Å². The summed E-state index contributed by atoms with van der Waals surface area (Å²) in [7, 11) is 0. The molecule has 0 unspecified atom stereocenters. The number of anilines is 1. The van der Waals surface area contributed by atoms with E-state index in [0.717, 1.165) is 40.6 Å². The molecule has 9 heteroatoms. The highest BCUT2D eigenvalue weighted by atomic mass is 35.5. The van der Waals surface area contributed by atoms with Crippen molar-refractivity contribution in [3.05, 3.63) is 94.5 Å². The highest BCUT2D eigenvalue weighted by Gasteiger charge is 2.42. The van der Waals surface area contributed by atoms with Gasteiger partial charge in [0, 0.05) is 17.9 Å². The number of nitrogens with zero attached hydrogens (tertiary/aromatic N) is 3. The first-order valence-electron chi connectivity index (χ1n) is 12.9. The molecule has 2 aliphatic rings. The third kappa shape index (κ3) is 5.87. The van der Waals surface area contributed by atoms with Crippen molar-refractivity contribution < 1.29 is 14.3 Å². The summed E-state index contributed by atoms with van der Waals surface area (Å²) in [5.41, 5.74) is 4.48. The zero-order valence-corrected chi connectivity index (χ0v) is 23.3. The Morgan fingerprint density at radius 1 is 1.03 bits per heavy atom. The molecule has 1 fully saturated rings. The van der Waals surface area contributed by atoms with E-state index >= 15 is 0 Å². The summed E-state index contributed by atoms with van der Waals surface area (Å²) in [6.07, 6.45) is 1.51. The van der Waals surface area contributed by atoms with Crippen molar-refractivity contribution in [3.8, 4) is 5.75 Å². The van der Waals surface area contributed by atoms with E-state index in [1.165, 1.54) is 4.90 Å². The Bertz CT molecular complexity index is 1410.